The first-order chi connectivity index (χ1) is 12.6. The quantitative estimate of drug-likeness (QED) is 0.724. The summed E-state index contributed by atoms with van der Waals surface area (Å²) in [4.78, 5) is 13.7. The number of nitrogens with zero attached hydrogens (tertiary/aromatic N) is 1. The summed E-state index contributed by atoms with van der Waals surface area (Å²) in [5, 5.41) is 0. The lowest BCUT2D eigenvalue weighted by Gasteiger charge is -2.45. The number of fused-ring (bicyclic) bond motifs is 2. The highest BCUT2D eigenvalue weighted by Crippen LogP contribution is 2.45. The minimum atomic E-state index is -0.230. The average Bonchev–Trinajstić information content (AvgIpc) is 2.68. The lowest BCUT2D eigenvalue weighted by Crippen LogP contribution is -2.46. The van der Waals surface area contributed by atoms with Gasteiger partial charge in [0.05, 0.1) is 33.5 Å². The van der Waals surface area contributed by atoms with Crippen LogP contribution in [0, 0.1) is 0 Å². The van der Waals surface area contributed by atoms with Gasteiger partial charge < -0.3 is 23.8 Å². The van der Waals surface area contributed by atoms with Crippen molar-refractivity contribution < 1.29 is 23.7 Å². The summed E-state index contributed by atoms with van der Waals surface area (Å²) in [7, 11) is 4.78. The largest absolute Gasteiger partial charge is 0.493 e. The first-order valence-corrected chi connectivity index (χ1v) is 9.30. The molecule has 144 valence electrons. The lowest BCUT2D eigenvalue weighted by atomic mass is 9.79. The molecule has 1 aromatic rings. The van der Waals surface area contributed by atoms with Gasteiger partial charge in [0.25, 0.3) is 0 Å². The normalized spacial score (nSPS) is 19.0. The number of carbonyl (C=O) groups excluding carboxylic acids is 1. The Hall–Kier alpha value is -1.79. The van der Waals surface area contributed by atoms with Crippen molar-refractivity contribution in [2.24, 2.45) is 0 Å². The molecule has 0 atom stereocenters. The molecule has 3 rings (SSSR count). The Morgan fingerprint density at radius 1 is 1.15 bits per heavy atom. The van der Waals surface area contributed by atoms with Crippen LogP contribution in [0.4, 0.5) is 0 Å². The molecule has 2 aliphatic rings. The molecule has 1 saturated heterocycles. The van der Waals surface area contributed by atoms with E-state index < -0.39 is 0 Å². The number of piperidine rings is 1. The number of benzene rings is 1. The zero-order valence-corrected chi connectivity index (χ0v) is 16.0. The Kier molecular flexibility index (Phi) is 6.04. The van der Waals surface area contributed by atoms with E-state index in [1.54, 1.807) is 14.2 Å². The van der Waals surface area contributed by atoms with Crippen molar-refractivity contribution in [3.05, 3.63) is 23.3 Å². The van der Waals surface area contributed by atoms with E-state index in [0.717, 1.165) is 63.4 Å². The predicted molar refractivity (Wildman–Crippen MR) is 97.8 cm³/mol. The van der Waals surface area contributed by atoms with Crippen molar-refractivity contribution >= 4 is 5.97 Å². The van der Waals surface area contributed by atoms with E-state index in [1.807, 2.05) is 0 Å². The van der Waals surface area contributed by atoms with Crippen LogP contribution in [-0.4, -0.2) is 58.4 Å². The van der Waals surface area contributed by atoms with Gasteiger partial charge in [-0.3, -0.25) is 4.79 Å². The van der Waals surface area contributed by atoms with Gasteiger partial charge in [-0.15, -0.1) is 0 Å². The molecule has 6 heteroatoms. The fourth-order valence-corrected chi connectivity index (χ4v) is 4.09. The van der Waals surface area contributed by atoms with Gasteiger partial charge in [0, 0.05) is 19.5 Å². The van der Waals surface area contributed by atoms with Crippen LogP contribution in [0.1, 0.15) is 36.8 Å². The topological polar surface area (TPSA) is 57.2 Å². The average molecular weight is 363 g/mol. The molecule has 1 spiro atoms. The predicted octanol–water partition coefficient (Wildman–Crippen LogP) is 2.52. The maximum absolute atomic E-state index is 11.3. The maximum Gasteiger partial charge on any atom is 0.305 e. The van der Waals surface area contributed by atoms with Crippen LogP contribution in [-0.2, 0) is 26.3 Å². The second-order valence-corrected chi connectivity index (χ2v) is 6.98. The second kappa shape index (κ2) is 8.27. The molecular weight excluding hydrogens is 334 g/mol. The molecule has 2 aliphatic heterocycles. The number of esters is 1. The van der Waals surface area contributed by atoms with Gasteiger partial charge in [0.2, 0.25) is 0 Å². The minimum Gasteiger partial charge on any atom is -0.493 e. The molecule has 0 bridgehead atoms. The standard InChI is InChI=1S/C20H29NO5/c1-23-17-13-15-6-12-26-20(16(15)14-18(17)24-2)7-10-21(11-8-20)9-4-5-19(22)25-3/h13-14H,4-12H2,1-3H3. The molecule has 1 aromatic carbocycles. The van der Waals surface area contributed by atoms with Crippen molar-refractivity contribution in [1.82, 2.24) is 4.90 Å². The highest BCUT2D eigenvalue weighted by atomic mass is 16.5. The van der Waals surface area contributed by atoms with Gasteiger partial charge >= 0.3 is 5.97 Å². The summed E-state index contributed by atoms with van der Waals surface area (Å²) in [5.41, 5.74) is 2.31. The second-order valence-electron chi connectivity index (χ2n) is 6.98. The van der Waals surface area contributed by atoms with Crippen LogP contribution in [0.2, 0.25) is 0 Å². The monoisotopic (exact) mass is 363 g/mol. The van der Waals surface area contributed by atoms with Crippen molar-refractivity contribution in [3.8, 4) is 11.5 Å². The molecule has 6 nitrogen and oxygen atoms in total. The van der Waals surface area contributed by atoms with Gasteiger partial charge in [0.1, 0.15) is 0 Å². The molecular formula is C20H29NO5. The van der Waals surface area contributed by atoms with E-state index in [1.165, 1.54) is 18.2 Å². The molecule has 1 fully saturated rings. The Balaban J connectivity index is 1.69. The molecule has 2 heterocycles. The molecule has 0 saturated carbocycles. The van der Waals surface area contributed by atoms with Gasteiger partial charge in [-0.05, 0) is 55.5 Å². The molecule has 0 unspecified atom stereocenters. The third-order valence-corrected chi connectivity index (χ3v) is 5.60. The first-order valence-electron chi connectivity index (χ1n) is 9.30. The zero-order valence-electron chi connectivity index (χ0n) is 16.0. The summed E-state index contributed by atoms with van der Waals surface area (Å²) >= 11 is 0. The molecule has 0 amide bonds. The summed E-state index contributed by atoms with van der Waals surface area (Å²) < 4.78 is 22.0. The number of likely N-dealkylation sites (tertiary alicyclic amines) is 1. The van der Waals surface area contributed by atoms with E-state index in [9.17, 15) is 4.79 Å². The molecule has 0 aliphatic carbocycles. The molecule has 0 aromatic heterocycles. The van der Waals surface area contributed by atoms with Crippen LogP contribution in [0.3, 0.4) is 0 Å². The highest BCUT2D eigenvalue weighted by Gasteiger charge is 2.41. The number of carbonyl (C=O) groups is 1. The van der Waals surface area contributed by atoms with Crippen molar-refractivity contribution in [2.75, 3.05) is 47.6 Å². The van der Waals surface area contributed by atoms with Crippen LogP contribution in [0.25, 0.3) is 0 Å². The fourth-order valence-electron chi connectivity index (χ4n) is 4.09. The number of ether oxygens (including phenoxy) is 4. The Bertz CT molecular complexity index is 637. The molecule has 0 N–H and O–H groups in total. The Morgan fingerprint density at radius 3 is 2.50 bits per heavy atom. The summed E-state index contributed by atoms with van der Waals surface area (Å²) in [6, 6.07) is 4.20. The third kappa shape index (κ3) is 3.81. The third-order valence-electron chi connectivity index (χ3n) is 5.60. The number of hydrogen-bond acceptors (Lipinski definition) is 6. The smallest absolute Gasteiger partial charge is 0.305 e. The fraction of sp³-hybridized carbons (Fsp3) is 0.650. The van der Waals surface area contributed by atoms with Crippen LogP contribution >= 0.6 is 0 Å². The Labute approximate surface area is 155 Å². The summed E-state index contributed by atoms with van der Waals surface area (Å²) in [6.07, 6.45) is 4.12. The van der Waals surface area contributed by atoms with E-state index >= 15 is 0 Å². The van der Waals surface area contributed by atoms with Crippen LogP contribution in [0.15, 0.2) is 12.1 Å². The number of methoxy groups -OCH3 is 3. The lowest BCUT2D eigenvalue weighted by molar-refractivity contribution is -0.140. The number of hydrogen-bond donors (Lipinski definition) is 0. The van der Waals surface area contributed by atoms with Gasteiger partial charge in [0.15, 0.2) is 11.5 Å². The molecule has 26 heavy (non-hydrogen) atoms. The highest BCUT2D eigenvalue weighted by molar-refractivity contribution is 5.69. The number of rotatable bonds is 6. The van der Waals surface area contributed by atoms with Crippen molar-refractivity contribution in [3.63, 3.8) is 0 Å². The zero-order chi connectivity index (χ0) is 18.6. The van der Waals surface area contributed by atoms with Crippen molar-refractivity contribution in [1.29, 1.82) is 0 Å². The maximum atomic E-state index is 11.3. The van der Waals surface area contributed by atoms with Crippen LogP contribution in [0.5, 0.6) is 11.5 Å². The van der Waals surface area contributed by atoms with E-state index in [4.69, 9.17) is 18.9 Å². The van der Waals surface area contributed by atoms with E-state index in [2.05, 4.69) is 17.0 Å². The first kappa shape index (κ1) is 19.0. The SMILES string of the molecule is COC(=O)CCCN1CCC2(CC1)OCCc1cc(OC)c(OC)cc12. The van der Waals surface area contributed by atoms with Gasteiger partial charge in [-0.2, -0.15) is 0 Å². The van der Waals surface area contributed by atoms with Crippen LogP contribution < -0.4 is 9.47 Å². The minimum absolute atomic E-state index is 0.135. The van der Waals surface area contributed by atoms with E-state index in [0.29, 0.717) is 6.42 Å². The summed E-state index contributed by atoms with van der Waals surface area (Å²) in [6.45, 7) is 3.60. The Morgan fingerprint density at radius 2 is 1.85 bits per heavy atom. The van der Waals surface area contributed by atoms with Gasteiger partial charge in [-0.1, -0.05) is 0 Å². The molecule has 0 radical (unpaired) electrons. The van der Waals surface area contributed by atoms with E-state index in [-0.39, 0.29) is 11.6 Å². The van der Waals surface area contributed by atoms with Crippen molar-refractivity contribution in [2.45, 2.75) is 37.7 Å². The van der Waals surface area contributed by atoms with Gasteiger partial charge in [-0.25, -0.2) is 0 Å². The summed E-state index contributed by atoms with van der Waals surface area (Å²) in [5.74, 6) is 1.41.